The minimum absolute atomic E-state index is 0.387. The number of sulfonamides is 1. The largest absolute Gasteiger partial charge is 0.282 e. The van der Waals surface area contributed by atoms with Crippen molar-refractivity contribution in [3.63, 3.8) is 0 Å². The van der Waals surface area contributed by atoms with Gasteiger partial charge in [0.05, 0.1) is 0 Å². The molecular formula is C11H14N4O2S. The summed E-state index contributed by atoms with van der Waals surface area (Å²) in [4.78, 5) is 3.95. The summed E-state index contributed by atoms with van der Waals surface area (Å²) in [6, 6.07) is 9.62. The van der Waals surface area contributed by atoms with Gasteiger partial charge in [0.1, 0.15) is 5.82 Å². The quantitative estimate of drug-likeness (QED) is 0.856. The van der Waals surface area contributed by atoms with Crippen LogP contribution in [0.15, 0.2) is 35.5 Å². The Hall–Kier alpha value is -1.73. The number of hydrogen-bond donors (Lipinski definition) is 2. The molecule has 0 saturated heterocycles. The lowest BCUT2D eigenvalue weighted by Gasteiger charge is -2.21. The van der Waals surface area contributed by atoms with Gasteiger partial charge in [-0.05, 0) is 19.4 Å². The zero-order valence-corrected chi connectivity index (χ0v) is 10.9. The topological polar surface area (TPSA) is 102 Å². The molecule has 6 nitrogen and oxygen atoms in total. The van der Waals surface area contributed by atoms with Gasteiger partial charge in [-0.3, -0.25) is 5.10 Å². The Morgan fingerprint density at radius 1 is 1.22 bits per heavy atom. The molecule has 3 N–H and O–H groups in total. The Balaban J connectivity index is 2.46. The fourth-order valence-corrected chi connectivity index (χ4v) is 2.04. The predicted molar refractivity (Wildman–Crippen MR) is 66.3 cm³/mol. The summed E-state index contributed by atoms with van der Waals surface area (Å²) < 4.78 is 22.3. The van der Waals surface area contributed by atoms with E-state index in [-0.39, 0.29) is 5.16 Å². The van der Waals surface area contributed by atoms with Crippen LogP contribution in [0, 0.1) is 0 Å². The Morgan fingerprint density at radius 2 is 1.83 bits per heavy atom. The number of primary sulfonamides is 1. The highest BCUT2D eigenvalue weighted by molar-refractivity contribution is 7.89. The number of H-pyrrole nitrogens is 1. The molecule has 1 aromatic carbocycles. The number of aromatic nitrogens is 3. The van der Waals surface area contributed by atoms with Gasteiger partial charge in [-0.1, -0.05) is 30.3 Å². The number of nitrogens with two attached hydrogens (primary N) is 1. The first-order valence-electron chi connectivity index (χ1n) is 5.33. The third-order valence-electron chi connectivity index (χ3n) is 2.81. The standard InChI is InChI=1S/C11H14N4O2S/c1-11(2,8-6-4-3-5-7-8)9-13-10(15-14-9)18(12,16)17/h3-7H,1-2H3,(H2,12,16,17)(H,13,14,15). The molecule has 0 saturated carbocycles. The lowest BCUT2D eigenvalue weighted by molar-refractivity contribution is 0.584. The average Bonchev–Trinajstić information content (AvgIpc) is 2.79. The molecule has 0 aliphatic heterocycles. The summed E-state index contributed by atoms with van der Waals surface area (Å²) in [6.07, 6.45) is 0. The zero-order valence-electron chi connectivity index (χ0n) is 10.1. The van der Waals surface area contributed by atoms with Gasteiger partial charge < -0.3 is 0 Å². The lowest BCUT2D eigenvalue weighted by Crippen LogP contribution is -2.21. The van der Waals surface area contributed by atoms with Gasteiger partial charge in [-0.25, -0.2) is 18.5 Å². The first-order chi connectivity index (χ1) is 8.32. The van der Waals surface area contributed by atoms with Crippen LogP contribution in [-0.2, 0) is 15.4 Å². The second-order valence-electron chi connectivity index (χ2n) is 4.50. The van der Waals surface area contributed by atoms with Crippen LogP contribution in [0.2, 0.25) is 0 Å². The van der Waals surface area contributed by atoms with Gasteiger partial charge in [0, 0.05) is 5.41 Å². The van der Waals surface area contributed by atoms with E-state index in [9.17, 15) is 8.42 Å². The molecule has 2 aromatic rings. The summed E-state index contributed by atoms with van der Waals surface area (Å²) in [5.74, 6) is 0.456. The molecule has 0 amide bonds. The zero-order chi connectivity index (χ0) is 13.4. The average molecular weight is 266 g/mol. The summed E-state index contributed by atoms with van der Waals surface area (Å²) in [6.45, 7) is 3.85. The van der Waals surface area contributed by atoms with E-state index in [2.05, 4.69) is 15.2 Å². The molecule has 0 aliphatic carbocycles. The normalized spacial score (nSPS) is 12.6. The van der Waals surface area contributed by atoms with Crippen LogP contribution in [0.1, 0.15) is 25.2 Å². The van der Waals surface area contributed by atoms with Gasteiger partial charge in [0.2, 0.25) is 0 Å². The maximum atomic E-state index is 11.1. The summed E-state index contributed by atoms with van der Waals surface area (Å²) in [5.41, 5.74) is 0.527. The molecule has 2 rings (SSSR count). The second-order valence-corrected chi connectivity index (χ2v) is 5.96. The molecule has 0 bridgehead atoms. The number of nitrogens with one attached hydrogen (secondary N) is 1. The lowest BCUT2D eigenvalue weighted by atomic mass is 9.84. The molecule has 7 heteroatoms. The van der Waals surface area contributed by atoms with Gasteiger partial charge in [0.15, 0.2) is 0 Å². The van der Waals surface area contributed by atoms with Crippen molar-refractivity contribution in [2.24, 2.45) is 5.14 Å². The summed E-state index contributed by atoms with van der Waals surface area (Å²) in [5, 5.41) is 10.9. The van der Waals surface area contributed by atoms with Gasteiger partial charge >= 0.3 is 0 Å². The van der Waals surface area contributed by atoms with Gasteiger partial charge in [-0.2, -0.15) is 0 Å². The molecule has 0 unspecified atom stereocenters. The number of aromatic amines is 1. The maximum Gasteiger partial charge on any atom is 0.282 e. The first-order valence-corrected chi connectivity index (χ1v) is 6.87. The Labute approximate surface area is 105 Å². The third-order valence-corrected chi connectivity index (χ3v) is 3.50. The van der Waals surface area contributed by atoms with Crippen molar-refractivity contribution in [2.75, 3.05) is 0 Å². The van der Waals surface area contributed by atoms with E-state index < -0.39 is 15.4 Å². The summed E-state index contributed by atoms with van der Waals surface area (Å²) in [7, 11) is -3.88. The fourth-order valence-electron chi connectivity index (χ4n) is 1.64. The van der Waals surface area contributed by atoms with Crippen LogP contribution in [0.25, 0.3) is 0 Å². The summed E-state index contributed by atoms with van der Waals surface area (Å²) >= 11 is 0. The highest BCUT2D eigenvalue weighted by atomic mass is 32.2. The molecule has 1 aromatic heterocycles. The van der Waals surface area contributed by atoms with Crippen LogP contribution in [0.3, 0.4) is 0 Å². The minimum atomic E-state index is -3.88. The Kier molecular flexibility index (Phi) is 2.95. The van der Waals surface area contributed by atoms with E-state index in [4.69, 9.17) is 5.14 Å². The van der Waals surface area contributed by atoms with Crippen LogP contribution in [-0.4, -0.2) is 23.6 Å². The number of benzene rings is 1. The monoisotopic (exact) mass is 266 g/mol. The first kappa shape index (κ1) is 12.7. The maximum absolute atomic E-state index is 11.1. The third kappa shape index (κ3) is 2.27. The molecule has 0 fully saturated rings. The van der Waals surface area contributed by atoms with Crippen molar-refractivity contribution in [2.45, 2.75) is 24.4 Å². The van der Waals surface area contributed by atoms with Crippen molar-refractivity contribution in [1.29, 1.82) is 0 Å². The molecule has 1 heterocycles. The SMILES string of the molecule is CC(C)(c1ccccc1)c1nc(S(N)(=O)=O)n[nH]1. The van der Waals surface area contributed by atoms with Crippen molar-refractivity contribution in [3.05, 3.63) is 41.7 Å². The fraction of sp³-hybridized carbons (Fsp3) is 0.273. The predicted octanol–water partition coefficient (Wildman–Crippen LogP) is 0.778. The number of hydrogen-bond acceptors (Lipinski definition) is 4. The highest BCUT2D eigenvalue weighted by Gasteiger charge is 2.28. The van der Waals surface area contributed by atoms with E-state index in [0.29, 0.717) is 5.82 Å². The van der Waals surface area contributed by atoms with Crippen LogP contribution >= 0.6 is 0 Å². The van der Waals surface area contributed by atoms with E-state index in [0.717, 1.165) is 5.56 Å². The van der Waals surface area contributed by atoms with E-state index in [1.165, 1.54) is 0 Å². The number of rotatable bonds is 3. The van der Waals surface area contributed by atoms with E-state index in [1.807, 2.05) is 44.2 Å². The van der Waals surface area contributed by atoms with Crippen molar-refractivity contribution >= 4 is 10.0 Å². The van der Waals surface area contributed by atoms with Crippen LogP contribution in [0.5, 0.6) is 0 Å². The molecular weight excluding hydrogens is 252 g/mol. The highest BCUT2D eigenvalue weighted by Crippen LogP contribution is 2.28. The molecule has 18 heavy (non-hydrogen) atoms. The van der Waals surface area contributed by atoms with Crippen molar-refractivity contribution < 1.29 is 8.42 Å². The van der Waals surface area contributed by atoms with Gasteiger partial charge in [0.25, 0.3) is 15.2 Å². The van der Waals surface area contributed by atoms with Crippen molar-refractivity contribution in [1.82, 2.24) is 15.2 Å². The van der Waals surface area contributed by atoms with E-state index in [1.54, 1.807) is 0 Å². The molecule has 0 spiro atoms. The van der Waals surface area contributed by atoms with Crippen LogP contribution in [0.4, 0.5) is 0 Å². The Morgan fingerprint density at radius 3 is 2.33 bits per heavy atom. The Bertz CT molecular complexity index is 647. The smallest absolute Gasteiger partial charge is 0.261 e. The molecule has 0 atom stereocenters. The number of nitrogens with zero attached hydrogens (tertiary/aromatic N) is 2. The van der Waals surface area contributed by atoms with Gasteiger partial charge in [-0.15, -0.1) is 5.10 Å². The molecule has 0 aliphatic rings. The van der Waals surface area contributed by atoms with E-state index >= 15 is 0 Å². The molecule has 96 valence electrons. The van der Waals surface area contributed by atoms with Crippen molar-refractivity contribution in [3.8, 4) is 0 Å². The molecule has 0 radical (unpaired) electrons. The second kappa shape index (κ2) is 4.18. The minimum Gasteiger partial charge on any atom is -0.261 e. The van der Waals surface area contributed by atoms with Crippen LogP contribution < -0.4 is 5.14 Å².